The Morgan fingerprint density at radius 1 is 1.00 bits per heavy atom. The van der Waals surface area contributed by atoms with E-state index in [2.05, 4.69) is 57.4 Å². The van der Waals surface area contributed by atoms with Gasteiger partial charge in [0.05, 0.1) is 17.5 Å². The van der Waals surface area contributed by atoms with Gasteiger partial charge in [-0.05, 0) is 22.9 Å². The van der Waals surface area contributed by atoms with Crippen molar-refractivity contribution in [3.8, 4) is 11.3 Å². The number of fused-ring (bicyclic) bond motifs is 2. The lowest BCUT2D eigenvalue weighted by atomic mass is 10.0. The molecule has 0 radical (unpaired) electrons. The summed E-state index contributed by atoms with van der Waals surface area (Å²) in [5.41, 5.74) is 3.94. The summed E-state index contributed by atoms with van der Waals surface area (Å²) in [4.78, 5) is 20.8. The summed E-state index contributed by atoms with van der Waals surface area (Å²) in [5, 5.41) is 9.58. The van der Waals surface area contributed by atoms with Crippen molar-refractivity contribution < 1.29 is 23.1 Å². The Hall–Kier alpha value is -3.42. The van der Waals surface area contributed by atoms with Crippen molar-refractivity contribution >= 4 is 27.8 Å². The molecule has 5 nitrogen and oxygen atoms in total. The fourth-order valence-corrected chi connectivity index (χ4v) is 2.42. The maximum absolute atomic E-state index is 10.6. The van der Waals surface area contributed by atoms with Crippen molar-refractivity contribution in [1.82, 2.24) is 15.0 Å². The monoisotopic (exact) mass is 359 g/mol. The Labute approximate surface area is 145 Å². The number of carboxylic acids is 1. The average Bonchev–Trinajstić information content (AvgIpc) is 3.10. The molecule has 2 aromatic heterocycles. The van der Waals surface area contributed by atoms with E-state index in [1.54, 1.807) is 6.33 Å². The van der Waals surface area contributed by atoms with Gasteiger partial charge >= 0.3 is 12.1 Å². The number of alkyl halides is 3. The smallest absolute Gasteiger partial charge is 0.475 e. The van der Waals surface area contributed by atoms with Crippen molar-refractivity contribution in [1.29, 1.82) is 0 Å². The maximum Gasteiger partial charge on any atom is 0.490 e. The molecule has 0 bridgehead atoms. The van der Waals surface area contributed by atoms with Crippen molar-refractivity contribution in [2.24, 2.45) is 0 Å². The van der Waals surface area contributed by atoms with Gasteiger partial charge in [-0.25, -0.2) is 9.78 Å². The third kappa shape index (κ3) is 3.64. The van der Waals surface area contributed by atoms with E-state index in [1.807, 2.05) is 12.3 Å². The number of pyridine rings is 1. The quantitative estimate of drug-likeness (QED) is 0.528. The lowest BCUT2D eigenvalue weighted by Crippen LogP contribution is -2.21. The first-order valence-electron chi connectivity index (χ1n) is 7.43. The van der Waals surface area contributed by atoms with E-state index in [9.17, 15) is 13.2 Å². The summed E-state index contributed by atoms with van der Waals surface area (Å²) >= 11 is 0. The van der Waals surface area contributed by atoms with Gasteiger partial charge in [-0.2, -0.15) is 13.2 Å². The highest BCUT2D eigenvalue weighted by Gasteiger charge is 2.38. The molecule has 2 aromatic carbocycles. The number of aromatic amines is 1. The van der Waals surface area contributed by atoms with Crippen LogP contribution in [0.15, 0.2) is 61.1 Å². The number of benzene rings is 2. The molecule has 0 aliphatic heterocycles. The molecule has 26 heavy (non-hydrogen) atoms. The molecule has 0 spiro atoms. The third-order valence-corrected chi connectivity index (χ3v) is 3.60. The van der Waals surface area contributed by atoms with Gasteiger partial charge in [-0.15, -0.1) is 0 Å². The van der Waals surface area contributed by atoms with Gasteiger partial charge in [0.25, 0.3) is 0 Å². The number of aromatic nitrogens is 3. The third-order valence-electron chi connectivity index (χ3n) is 3.60. The molecule has 0 saturated heterocycles. The van der Waals surface area contributed by atoms with Crippen LogP contribution < -0.4 is 0 Å². The molecular formula is C18H12F3N3O2. The Morgan fingerprint density at radius 2 is 1.69 bits per heavy atom. The first-order chi connectivity index (χ1) is 12.4. The second-order valence-corrected chi connectivity index (χ2v) is 5.32. The van der Waals surface area contributed by atoms with Crippen LogP contribution in [0.5, 0.6) is 0 Å². The van der Waals surface area contributed by atoms with Crippen LogP contribution in [0, 0.1) is 0 Å². The number of halogens is 3. The van der Waals surface area contributed by atoms with Crippen molar-refractivity contribution in [2.45, 2.75) is 6.18 Å². The number of carboxylic acid groups (broad SMARTS) is 1. The van der Waals surface area contributed by atoms with E-state index in [1.165, 1.54) is 10.8 Å². The van der Waals surface area contributed by atoms with E-state index in [4.69, 9.17) is 9.90 Å². The van der Waals surface area contributed by atoms with Crippen LogP contribution in [0.3, 0.4) is 0 Å². The minimum Gasteiger partial charge on any atom is -0.475 e. The zero-order valence-electron chi connectivity index (χ0n) is 13.2. The normalized spacial score (nSPS) is 11.2. The summed E-state index contributed by atoms with van der Waals surface area (Å²) < 4.78 is 31.7. The van der Waals surface area contributed by atoms with Crippen LogP contribution in [0.2, 0.25) is 0 Å². The minimum absolute atomic E-state index is 0.915. The van der Waals surface area contributed by atoms with Gasteiger partial charge in [0.15, 0.2) is 0 Å². The second kappa shape index (κ2) is 6.83. The Morgan fingerprint density at radius 3 is 2.38 bits per heavy atom. The van der Waals surface area contributed by atoms with Crippen LogP contribution in [0.1, 0.15) is 0 Å². The fraction of sp³-hybridized carbons (Fsp3) is 0.0556. The Balaban J connectivity index is 0.000000242. The van der Waals surface area contributed by atoms with Gasteiger partial charge in [-0.1, -0.05) is 36.4 Å². The molecule has 4 aromatic rings. The Kier molecular flexibility index (Phi) is 4.57. The minimum atomic E-state index is -5.08. The number of H-pyrrole nitrogens is 1. The first-order valence-corrected chi connectivity index (χ1v) is 7.43. The van der Waals surface area contributed by atoms with Crippen molar-refractivity contribution in [3.63, 3.8) is 0 Å². The topological polar surface area (TPSA) is 78.9 Å². The maximum atomic E-state index is 10.6. The highest BCUT2D eigenvalue weighted by Crippen LogP contribution is 2.27. The van der Waals surface area contributed by atoms with Crippen LogP contribution >= 0.6 is 0 Å². The summed E-state index contributed by atoms with van der Waals surface area (Å²) in [6, 6.07) is 16.6. The number of nitrogens with zero attached hydrogens (tertiary/aromatic N) is 2. The molecule has 132 valence electrons. The number of carbonyl (C=O) groups is 1. The highest BCUT2D eigenvalue weighted by molar-refractivity contribution is 5.93. The summed E-state index contributed by atoms with van der Waals surface area (Å²) in [7, 11) is 0. The Bertz CT molecular complexity index is 1070. The van der Waals surface area contributed by atoms with Crippen LogP contribution in [0.25, 0.3) is 33.1 Å². The molecule has 2 heterocycles. The van der Waals surface area contributed by atoms with Gasteiger partial charge in [0.2, 0.25) is 0 Å². The molecule has 0 aliphatic rings. The molecule has 0 amide bonds. The van der Waals surface area contributed by atoms with Crippen LogP contribution in [-0.4, -0.2) is 32.2 Å². The average molecular weight is 359 g/mol. The SMILES string of the molecule is O=C(O)C(F)(F)F.c1ccc2cc(-c3nccc4[nH]cnc34)ccc2c1. The van der Waals surface area contributed by atoms with Crippen molar-refractivity contribution in [3.05, 3.63) is 61.1 Å². The fourth-order valence-electron chi connectivity index (χ4n) is 2.42. The standard InChI is InChI=1S/C16H11N3.C2HF3O2/c1-2-4-12-9-13(6-5-11(12)3-1)15-16-14(7-8-17-15)18-10-19-16;3-2(4,5)1(6)7/h1-10H,(H,18,19);(H,6,7). The molecule has 8 heteroatoms. The van der Waals surface area contributed by atoms with Gasteiger partial charge in [0.1, 0.15) is 5.52 Å². The van der Waals surface area contributed by atoms with E-state index in [0.717, 1.165) is 22.3 Å². The molecule has 0 fully saturated rings. The number of aliphatic carboxylic acids is 1. The predicted octanol–water partition coefficient (Wildman–Crippen LogP) is 4.41. The zero-order chi connectivity index (χ0) is 18.7. The lowest BCUT2D eigenvalue weighted by Gasteiger charge is -2.04. The van der Waals surface area contributed by atoms with E-state index >= 15 is 0 Å². The van der Waals surface area contributed by atoms with Crippen LogP contribution in [-0.2, 0) is 4.79 Å². The summed E-state index contributed by atoms with van der Waals surface area (Å²) in [6.45, 7) is 0. The van der Waals surface area contributed by atoms with Crippen LogP contribution in [0.4, 0.5) is 13.2 Å². The van der Waals surface area contributed by atoms with Gasteiger partial charge in [0, 0.05) is 11.8 Å². The summed E-state index contributed by atoms with van der Waals surface area (Å²) in [5.74, 6) is -2.76. The zero-order valence-corrected chi connectivity index (χ0v) is 13.2. The molecule has 0 atom stereocenters. The highest BCUT2D eigenvalue weighted by atomic mass is 19.4. The molecule has 2 N–H and O–H groups in total. The number of hydrogen-bond donors (Lipinski definition) is 2. The summed E-state index contributed by atoms with van der Waals surface area (Å²) in [6.07, 6.45) is -1.57. The number of hydrogen-bond acceptors (Lipinski definition) is 3. The lowest BCUT2D eigenvalue weighted by molar-refractivity contribution is -0.192. The molecule has 0 saturated carbocycles. The number of imidazole rings is 1. The number of nitrogens with one attached hydrogen (secondary N) is 1. The number of rotatable bonds is 1. The van der Waals surface area contributed by atoms with E-state index in [-0.39, 0.29) is 0 Å². The molecule has 4 rings (SSSR count). The molecule has 0 unspecified atom stereocenters. The molecular weight excluding hydrogens is 347 g/mol. The predicted molar refractivity (Wildman–Crippen MR) is 90.5 cm³/mol. The molecule has 0 aliphatic carbocycles. The van der Waals surface area contributed by atoms with E-state index < -0.39 is 12.1 Å². The largest absolute Gasteiger partial charge is 0.490 e. The van der Waals surface area contributed by atoms with Gasteiger partial charge in [-0.3, -0.25) is 4.98 Å². The van der Waals surface area contributed by atoms with Crippen molar-refractivity contribution in [2.75, 3.05) is 0 Å². The second-order valence-electron chi connectivity index (χ2n) is 5.32. The van der Waals surface area contributed by atoms with E-state index in [0.29, 0.717) is 0 Å². The van der Waals surface area contributed by atoms with Gasteiger partial charge < -0.3 is 10.1 Å². The first kappa shape index (κ1) is 17.4.